The standard InChI is InChI=1S/C16H19NO2/c18-16(19)8-6-13-3-1-2-4-14(13)11-17-10-12-5-7-15(17)9-12/h1-4,6,8,12,15H,5,7,9-11H2,(H,18,19). The van der Waals surface area contributed by atoms with Crippen LogP contribution in [0.15, 0.2) is 30.3 Å². The molecular weight excluding hydrogens is 238 g/mol. The van der Waals surface area contributed by atoms with Gasteiger partial charge in [-0.15, -0.1) is 0 Å². The van der Waals surface area contributed by atoms with E-state index in [-0.39, 0.29) is 0 Å². The molecule has 0 spiro atoms. The first kappa shape index (κ1) is 12.4. The molecule has 3 heteroatoms. The van der Waals surface area contributed by atoms with Gasteiger partial charge in [0.25, 0.3) is 0 Å². The van der Waals surface area contributed by atoms with Gasteiger partial charge in [0.2, 0.25) is 0 Å². The normalized spacial score (nSPS) is 26.3. The number of piperidine rings is 1. The lowest BCUT2D eigenvalue weighted by molar-refractivity contribution is -0.131. The van der Waals surface area contributed by atoms with E-state index < -0.39 is 5.97 Å². The van der Waals surface area contributed by atoms with Gasteiger partial charge < -0.3 is 5.11 Å². The zero-order valence-electron chi connectivity index (χ0n) is 11.0. The number of benzene rings is 1. The third kappa shape index (κ3) is 2.71. The maximum atomic E-state index is 10.6. The van der Waals surface area contributed by atoms with Gasteiger partial charge in [0.1, 0.15) is 0 Å². The van der Waals surface area contributed by atoms with Crippen molar-refractivity contribution in [3.05, 3.63) is 41.5 Å². The summed E-state index contributed by atoms with van der Waals surface area (Å²) in [5, 5.41) is 8.74. The summed E-state index contributed by atoms with van der Waals surface area (Å²) in [5.41, 5.74) is 2.25. The molecule has 2 bridgehead atoms. The van der Waals surface area contributed by atoms with E-state index in [0.717, 1.165) is 24.1 Å². The highest BCUT2D eigenvalue weighted by molar-refractivity contribution is 5.85. The van der Waals surface area contributed by atoms with Crippen LogP contribution in [0.5, 0.6) is 0 Å². The highest BCUT2D eigenvalue weighted by Gasteiger charge is 2.37. The number of nitrogens with zero attached hydrogens (tertiary/aromatic N) is 1. The van der Waals surface area contributed by atoms with Crippen LogP contribution in [0.3, 0.4) is 0 Å². The minimum atomic E-state index is -0.893. The molecule has 2 unspecified atom stereocenters. The number of hydrogen-bond acceptors (Lipinski definition) is 2. The summed E-state index contributed by atoms with van der Waals surface area (Å²) < 4.78 is 0. The first-order valence-electron chi connectivity index (χ1n) is 6.95. The first-order valence-corrected chi connectivity index (χ1v) is 6.95. The Morgan fingerprint density at radius 3 is 2.89 bits per heavy atom. The molecule has 1 N–H and O–H groups in total. The molecule has 0 aromatic heterocycles. The van der Waals surface area contributed by atoms with Crippen LogP contribution in [-0.4, -0.2) is 28.6 Å². The van der Waals surface area contributed by atoms with Gasteiger partial charge in [0.15, 0.2) is 0 Å². The Morgan fingerprint density at radius 2 is 2.21 bits per heavy atom. The van der Waals surface area contributed by atoms with Gasteiger partial charge in [-0.3, -0.25) is 4.90 Å². The highest BCUT2D eigenvalue weighted by atomic mass is 16.4. The molecule has 3 nitrogen and oxygen atoms in total. The third-order valence-corrected chi connectivity index (χ3v) is 4.36. The number of carboxylic acid groups (broad SMARTS) is 1. The molecule has 3 rings (SSSR count). The lowest BCUT2D eigenvalue weighted by atomic mass is 10.0. The van der Waals surface area contributed by atoms with Crippen molar-refractivity contribution in [3.8, 4) is 0 Å². The molecule has 100 valence electrons. The summed E-state index contributed by atoms with van der Waals surface area (Å²) in [6, 6.07) is 8.83. The number of hydrogen-bond donors (Lipinski definition) is 1. The molecule has 19 heavy (non-hydrogen) atoms. The van der Waals surface area contributed by atoms with Gasteiger partial charge in [0, 0.05) is 25.2 Å². The van der Waals surface area contributed by atoms with E-state index in [2.05, 4.69) is 11.0 Å². The molecule has 1 saturated heterocycles. The van der Waals surface area contributed by atoms with Crippen molar-refractivity contribution in [2.24, 2.45) is 5.92 Å². The molecule has 2 fully saturated rings. The lowest BCUT2D eigenvalue weighted by Gasteiger charge is -2.27. The molecule has 1 aromatic rings. The number of fused-ring (bicyclic) bond motifs is 2. The molecular formula is C16H19NO2. The molecule has 1 saturated carbocycles. The molecule has 0 radical (unpaired) electrons. The molecule has 1 aliphatic carbocycles. The summed E-state index contributed by atoms with van der Waals surface area (Å²) >= 11 is 0. The average molecular weight is 257 g/mol. The SMILES string of the molecule is O=C(O)C=Cc1ccccc1CN1CC2CCC1C2. The maximum absolute atomic E-state index is 10.6. The second-order valence-electron chi connectivity index (χ2n) is 5.63. The van der Waals surface area contributed by atoms with Gasteiger partial charge in [-0.05, 0) is 42.4 Å². The van der Waals surface area contributed by atoms with Crippen molar-refractivity contribution in [1.82, 2.24) is 4.90 Å². The van der Waals surface area contributed by atoms with Gasteiger partial charge >= 0.3 is 5.97 Å². The quantitative estimate of drug-likeness (QED) is 0.843. The minimum Gasteiger partial charge on any atom is -0.478 e. The Morgan fingerprint density at radius 1 is 1.37 bits per heavy atom. The predicted octanol–water partition coefficient (Wildman–Crippen LogP) is 2.77. The van der Waals surface area contributed by atoms with Crippen LogP contribution >= 0.6 is 0 Å². The summed E-state index contributed by atoms with van der Waals surface area (Å²) in [4.78, 5) is 13.2. The van der Waals surface area contributed by atoms with Crippen LogP contribution < -0.4 is 0 Å². The number of carboxylic acids is 1. The van der Waals surface area contributed by atoms with E-state index in [1.807, 2.05) is 18.2 Å². The van der Waals surface area contributed by atoms with Gasteiger partial charge in [-0.2, -0.15) is 0 Å². The lowest BCUT2D eigenvalue weighted by Crippen LogP contribution is -2.31. The summed E-state index contributed by atoms with van der Waals surface area (Å²) in [6.45, 7) is 2.16. The fourth-order valence-electron chi connectivity index (χ4n) is 3.44. The van der Waals surface area contributed by atoms with Crippen molar-refractivity contribution in [3.63, 3.8) is 0 Å². The van der Waals surface area contributed by atoms with E-state index in [1.54, 1.807) is 6.08 Å². The summed E-state index contributed by atoms with van der Waals surface area (Å²) in [5.74, 6) is 0.00163. The minimum absolute atomic E-state index is 0.751. The van der Waals surface area contributed by atoms with Crippen molar-refractivity contribution >= 4 is 12.0 Å². The molecule has 2 atom stereocenters. The molecule has 1 heterocycles. The van der Waals surface area contributed by atoms with Crippen LogP contribution in [0, 0.1) is 5.92 Å². The maximum Gasteiger partial charge on any atom is 0.328 e. The van der Waals surface area contributed by atoms with E-state index >= 15 is 0 Å². The topological polar surface area (TPSA) is 40.5 Å². The second kappa shape index (κ2) is 5.17. The van der Waals surface area contributed by atoms with Crippen LogP contribution in [0.1, 0.15) is 30.4 Å². The third-order valence-electron chi connectivity index (χ3n) is 4.36. The number of aliphatic carboxylic acids is 1. The summed E-state index contributed by atoms with van der Waals surface area (Å²) in [6.07, 6.45) is 6.99. The zero-order valence-corrected chi connectivity index (χ0v) is 11.0. The Balaban J connectivity index is 1.75. The Labute approximate surface area is 113 Å². The van der Waals surface area contributed by atoms with Crippen molar-refractivity contribution < 1.29 is 9.90 Å². The van der Waals surface area contributed by atoms with Crippen LogP contribution in [-0.2, 0) is 11.3 Å². The molecule has 1 aliphatic heterocycles. The van der Waals surface area contributed by atoms with E-state index in [4.69, 9.17) is 5.11 Å². The summed E-state index contributed by atoms with van der Waals surface area (Å²) in [7, 11) is 0. The Hall–Kier alpha value is -1.61. The molecule has 0 amide bonds. The fraction of sp³-hybridized carbons (Fsp3) is 0.438. The van der Waals surface area contributed by atoms with Gasteiger partial charge in [-0.1, -0.05) is 24.3 Å². The largest absolute Gasteiger partial charge is 0.478 e. The number of carbonyl (C=O) groups is 1. The van der Waals surface area contributed by atoms with Gasteiger partial charge in [0.05, 0.1) is 0 Å². The van der Waals surface area contributed by atoms with E-state index in [0.29, 0.717) is 0 Å². The number of rotatable bonds is 4. The Bertz CT molecular complexity index is 509. The van der Waals surface area contributed by atoms with E-state index in [9.17, 15) is 4.79 Å². The van der Waals surface area contributed by atoms with Crippen LogP contribution in [0.2, 0.25) is 0 Å². The number of likely N-dealkylation sites (tertiary alicyclic amines) is 1. The van der Waals surface area contributed by atoms with Crippen LogP contribution in [0.25, 0.3) is 6.08 Å². The molecule has 2 aliphatic rings. The Kier molecular flexibility index (Phi) is 3.38. The van der Waals surface area contributed by atoms with Crippen molar-refractivity contribution in [2.45, 2.75) is 31.8 Å². The zero-order chi connectivity index (χ0) is 13.2. The predicted molar refractivity (Wildman–Crippen MR) is 74.7 cm³/mol. The average Bonchev–Trinajstić information content (AvgIpc) is 3.00. The van der Waals surface area contributed by atoms with E-state index in [1.165, 1.54) is 37.4 Å². The highest BCUT2D eigenvalue weighted by Crippen LogP contribution is 2.38. The second-order valence-corrected chi connectivity index (χ2v) is 5.63. The first-order chi connectivity index (χ1) is 9.22. The molecule has 1 aromatic carbocycles. The van der Waals surface area contributed by atoms with Crippen molar-refractivity contribution in [2.75, 3.05) is 6.54 Å². The smallest absolute Gasteiger partial charge is 0.328 e. The monoisotopic (exact) mass is 257 g/mol. The fourth-order valence-corrected chi connectivity index (χ4v) is 3.44. The van der Waals surface area contributed by atoms with Crippen molar-refractivity contribution in [1.29, 1.82) is 0 Å². The van der Waals surface area contributed by atoms with Crippen LogP contribution in [0.4, 0.5) is 0 Å². The van der Waals surface area contributed by atoms with Gasteiger partial charge in [-0.25, -0.2) is 4.79 Å².